The largest absolute Gasteiger partial charge is 0.477 e. The maximum Gasteiger partial charge on any atom is 0.354 e. The average molecular weight is 243 g/mol. The molecule has 0 saturated carbocycles. The zero-order valence-electron chi connectivity index (χ0n) is 10.4. The van der Waals surface area contributed by atoms with Crippen molar-refractivity contribution in [1.82, 2.24) is 15.0 Å². The van der Waals surface area contributed by atoms with Crippen molar-refractivity contribution < 1.29 is 9.90 Å². The Bertz CT molecular complexity index is 624. The van der Waals surface area contributed by atoms with Crippen LogP contribution in [-0.2, 0) is 0 Å². The fourth-order valence-corrected chi connectivity index (χ4v) is 1.73. The van der Waals surface area contributed by atoms with Gasteiger partial charge in [-0.05, 0) is 38.0 Å². The molecule has 5 nitrogen and oxygen atoms in total. The standard InChI is InChI=1S/C13H13N3O2/c1-7-4-8(2)11(14-6-7)12-15-9(3)5-10(16-12)13(17)18/h4-6H,1-3H3,(H,17,18). The number of rotatable bonds is 2. The molecular formula is C13H13N3O2. The number of hydrogen-bond acceptors (Lipinski definition) is 4. The van der Waals surface area contributed by atoms with Crippen LogP contribution in [0.4, 0.5) is 0 Å². The second kappa shape index (κ2) is 4.52. The van der Waals surface area contributed by atoms with Crippen molar-refractivity contribution in [3.8, 4) is 11.5 Å². The molecule has 1 N–H and O–H groups in total. The molecule has 2 aromatic rings. The lowest BCUT2D eigenvalue weighted by molar-refractivity contribution is 0.0690. The van der Waals surface area contributed by atoms with E-state index in [4.69, 9.17) is 5.11 Å². The minimum absolute atomic E-state index is 0.0146. The third kappa shape index (κ3) is 2.34. The number of pyridine rings is 1. The fourth-order valence-electron chi connectivity index (χ4n) is 1.73. The summed E-state index contributed by atoms with van der Waals surface area (Å²) < 4.78 is 0. The van der Waals surface area contributed by atoms with Crippen LogP contribution in [0.5, 0.6) is 0 Å². The molecule has 0 saturated heterocycles. The molecule has 2 rings (SSSR count). The molecule has 0 unspecified atom stereocenters. The predicted octanol–water partition coefficient (Wildman–Crippen LogP) is 2.16. The lowest BCUT2D eigenvalue weighted by Crippen LogP contribution is -2.05. The van der Waals surface area contributed by atoms with E-state index in [0.717, 1.165) is 11.1 Å². The molecular weight excluding hydrogens is 230 g/mol. The summed E-state index contributed by atoms with van der Waals surface area (Å²) in [6.07, 6.45) is 1.72. The summed E-state index contributed by atoms with van der Waals surface area (Å²) in [4.78, 5) is 23.5. The van der Waals surface area contributed by atoms with E-state index >= 15 is 0 Å². The van der Waals surface area contributed by atoms with Gasteiger partial charge in [0.25, 0.3) is 0 Å². The van der Waals surface area contributed by atoms with Crippen LogP contribution >= 0.6 is 0 Å². The number of carboxylic acids is 1. The van der Waals surface area contributed by atoms with Crippen LogP contribution < -0.4 is 0 Å². The third-order valence-corrected chi connectivity index (χ3v) is 2.50. The molecule has 0 aliphatic rings. The molecule has 0 bridgehead atoms. The van der Waals surface area contributed by atoms with Gasteiger partial charge in [-0.3, -0.25) is 4.98 Å². The van der Waals surface area contributed by atoms with Crippen LogP contribution in [0.15, 0.2) is 18.3 Å². The molecule has 92 valence electrons. The third-order valence-electron chi connectivity index (χ3n) is 2.50. The predicted molar refractivity (Wildman–Crippen MR) is 66.4 cm³/mol. The highest BCUT2D eigenvalue weighted by atomic mass is 16.4. The Morgan fingerprint density at radius 3 is 2.50 bits per heavy atom. The van der Waals surface area contributed by atoms with Crippen molar-refractivity contribution >= 4 is 5.97 Å². The van der Waals surface area contributed by atoms with E-state index < -0.39 is 5.97 Å². The lowest BCUT2D eigenvalue weighted by atomic mass is 10.1. The molecule has 0 atom stereocenters. The van der Waals surface area contributed by atoms with E-state index in [-0.39, 0.29) is 5.69 Å². The van der Waals surface area contributed by atoms with Crippen molar-refractivity contribution in [2.75, 3.05) is 0 Å². The second-order valence-corrected chi connectivity index (χ2v) is 4.20. The molecule has 0 radical (unpaired) electrons. The molecule has 0 aliphatic heterocycles. The van der Waals surface area contributed by atoms with Crippen molar-refractivity contribution in [3.63, 3.8) is 0 Å². The van der Waals surface area contributed by atoms with Gasteiger partial charge in [0.1, 0.15) is 5.69 Å². The molecule has 2 aromatic heterocycles. The Hall–Kier alpha value is -2.30. The minimum atomic E-state index is -1.06. The Balaban J connectivity index is 2.60. The van der Waals surface area contributed by atoms with Gasteiger partial charge in [-0.15, -0.1) is 0 Å². The van der Waals surface area contributed by atoms with Crippen molar-refractivity contribution in [2.45, 2.75) is 20.8 Å². The minimum Gasteiger partial charge on any atom is -0.477 e. The van der Waals surface area contributed by atoms with Crippen molar-refractivity contribution in [1.29, 1.82) is 0 Å². The number of carbonyl (C=O) groups is 1. The van der Waals surface area contributed by atoms with Gasteiger partial charge >= 0.3 is 5.97 Å². The molecule has 0 fully saturated rings. The van der Waals surface area contributed by atoms with E-state index in [1.54, 1.807) is 13.1 Å². The zero-order valence-corrected chi connectivity index (χ0v) is 10.4. The van der Waals surface area contributed by atoms with Crippen LogP contribution in [0.2, 0.25) is 0 Å². The maximum atomic E-state index is 11.0. The van der Waals surface area contributed by atoms with Crippen LogP contribution in [-0.4, -0.2) is 26.0 Å². The Kier molecular flexibility index (Phi) is 3.06. The van der Waals surface area contributed by atoms with Gasteiger partial charge in [-0.25, -0.2) is 14.8 Å². The van der Waals surface area contributed by atoms with Gasteiger partial charge in [-0.2, -0.15) is 0 Å². The number of aryl methyl sites for hydroxylation is 3. The summed E-state index contributed by atoms with van der Waals surface area (Å²) in [5.41, 5.74) is 3.18. The second-order valence-electron chi connectivity index (χ2n) is 4.20. The molecule has 18 heavy (non-hydrogen) atoms. The van der Waals surface area contributed by atoms with E-state index in [9.17, 15) is 4.79 Å². The SMILES string of the molecule is Cc1cnc(-c2nc(C)cc(C(=O)O)n2)c(C)c1. The van der Waals surface area contributed by atoms with Gasteiger partial charge in [-0.1, -0.05) is 6.07 Å². The fraction of sp³-hybridized carbons (Fsp3) is 0.231. The summed E-state index contributed by atoms with van der Waals surface area (Å²) in [6, 6.07) is 3.41. The van der Waals surface area contributed by atoms with Crippen LogP contribution in [0.25, 0.3) is 11.5 Å². The number of aromatic nitrogens is 3. The normalized spacial score (nSPS) is 10.4. The molecule has 0 spiro atoms. The number of hydrogen-bond donors (Lipinski definition) is 1. The van der Waals surface area contributed by atoms with Gasteiger partial charge in [0.2, 0.25) is 0 Å². The van der Waals surface area contributed by atoms with E-state index in [0.29, 0.717) is 17.2 Å². The average Bonchev–Trinajstić information content (AvgIpc) is 2.27. The van der Waals surface area contributed by atoms with Gasteiger partial charge in [0.15, 0.2) is 11.5 Å². The first kappa shape index (κ1) is 12.2. The Morgan fingerprint density at radius 1 is 1.17 bits per heavy atom. The smallest absolute Gasteiger partial charge is 0.354 e. The monoisotopic (exact) mass is 243 g/mol. The van der Waals surface area contributed by atoms with E-state index in [1.165, 1.54) is 6.07 Å². The van der Waals surface area contributed by atoms with E-state index in [1.807, 2.05) is 19.9 Å². The summed E-state index contributed by atoms with van der Waals surface area (Å²) in [5.74, 6) is -0.712. The summed E-state index contributed by atoms with van der Waals surface area (Å²) in [7, 11) is 0. The summed E-state index contributed by atoms with van der Waals surface area (Å²) in [5, 5.41) is 8.98. The molecule has 2 heterocycles. The number of carboxylic acid groups (broad SMARTS) is 1. The van der Waals surface area contributed by atoms with E-state index in [2.05, 4.69) is 15.0 Å². The number of nitrogens with zero attached hydrogens (tertiary/aromatic N) is 3. The Morgan fingerprint density at radius 2 is 1.89 bits per heavy atom. The summed E-state index contributed by atoms with van der Waals surface area (Å²) in [6.45, 7) is 5.59. The van der Waals surface area contributed by atoms with Crippen LogP contribution in [0.1, 0.15) is 27.3 Å². The van der Waals surface area contributed by atoms with Crippen molar-refractivity contribution in [3.05, 3.63) is 40.8 Å². The molecule has 0 amide bonds. The lowest BCUT2D eigenvalue weighted by Gasteiger charge is -2.06. The first-order valence-electron chi connectivity index (χ1n) is 5.50. The summed E-state index contributed by atoms with van der Waals surface area (Å²) >= 11 is 0. The molecule has 5 heteroatoms. The number of aromatic carboxylic acids is 1. The highest BCUT2D eigenvalue weighted by Gasteiger charge is 2.12. The topological polar surface area (TPSA) is 76.0 Å². The van der Waals surface area contributed by atoms with Gasteiger partial charge in [0, 0.05) is 11.9 Å². The quantitative estimate of drug-likeness (QED) is 0.874. The Labute approximate surface area is 105 Å². The maximum absolute atomic E-state index is 11.0. The van der Waals surface area contributed by atoms with Gasteiger partial charge < -0.3 is 5.11 Å². The highest BCUT2D eigenvalue weighted by molar-refractivity contribution is 5.85. The first-order valence-corrected chi connectivity index (χ1v) is 5.50. The van der Waals surface area contributed by atoms with Crippen LogP contribution in [0.3, 0.4) is 0 Å². The highest BCUT2D eigenvalue weighted by Crippen LogP contribution is 2.18. The van der Waals surface area contributed by atoms with Gasteiger partial charge in [0.05, 0.1) is 0 Å². The van der Waals surface area contributed by atoms with Crippen LogP contribution in [0, 0.1) is 20.8 Å². The molecule has 0 aliphatic carbocycles. The molecule has 0 aromatic carbocycles. The van der Waals surface area contributed by atoms with Crippen molar-refractivity contribution in [2.24, 2.45) is 0 Å². The first-order chi connectivity index (χ1) is 8.47. The zero-order chi connectivity index (χ0) is 13.3.